The summed E-state index contributed by atoms with van der Waals surface area (Å²) in [6.45, 7) is 3.07. The Morgan fingerprint density at radius 3 is 2.79 bits per heavy atom. The molecule has 0 aliphatic carbocycles. The van der Waals surface area contributed by atoms with E-state index >= 15 is 0 Å². The van der Waals surface area contributed by atoms with E-state index in [1.54, 1.807) is 18.0 Å². The Kier molecular flexibility index (Phi) is 4.52. The Hall–Kier alpha value is -1.88. The monoisotopic (exact) mass is 260 g/mol. The van der Waals surface area contributed by atoms with Crippen molar-refractivity contribution in [3.8, 4) is 5.75 Å². The van der Waals surface area contributed by atoms with Crippen molar-refractivity contribution in [1.29, 1.82) is 0 Å². The lowest BCUT2D eigenvalue weighted by molar-refractivity contribution is 0.402. The first-order valence-corrected chi connectivity index (χ1v) is 6.48. The maximum absolute atomic E-state index is 5.45. The molecule has 5 heteroatoms. The van der Waals surface area contributed by atoms with Crippen molar-refractivity contribution in [1.82, 2.24) is 20.3 Å². The number of benzene rings is 1. The second kappa shape index (κ2) is 6.33. The van der Waals surface area contributed by atoms with Gasteiger partial charge in [0.05, 0.1) is 25.0 Å². The zero-order chi connectivity index (χ0) is 13.7. The summed E-state index contributed by atoms with van der Waals surface area (Å²) >= 11 is 0. The van der Waals surface area contributed by atoms with Crippen molar-refractivity contribution in [2.75, 3.05) is 13.7 Å². The van der Waals surface area contributed by atoms with Crippen LogP contribution in [0.2, 0.25) is 0 Å². The third-order valence-corrected chi connectivity index (χ3v) is 3.09. The van der Waals surface area contributed by atoms with Gasteiger partial charge in [-0.05, 0) is 19.0 Å². The van der Waals surface area contributed by atoms with Gasteiger partial charge in [0.1, 0.15) is 5.75 Å². The maximum atomic E-state index is 5.45. The largest absolute Gasteiger partial charge is 0.496 e. The van der Waals surface area contributed by atoms with Crippen LogP contribution in [0.25, 0.3) is 0 Å². The number of aromatic nitrogens is 3. The molecule has 0 aliphatic rings. The van der Waals surface area contributed by atoms with Gasteiger partial charge in [0, 0.05) is 12.6 Å². The van der Waals surface area contributed by atoms with Crippen LogP contribution in [0.5, 0.6) is 5.75 Å². The Bertz CT molecular complexity index is 524. The Morgan fingerprint density at radius 2 is 2.16 bits per heavy atom. The average molecular weight is 260 g/mol. The fourth-order valence-electron chi connectivity index (χ4n) is 2.13. The van der Waals surface area contributed by atoms with E-state index in [9.17, 15) is 0 Å². The third kappa shape index (κ3) is 2.93. The van der Waals surface area contributed by atoms with Crippen LogP contribution in [-0.2, 0) is 7.05 Å². The Balaban J connectivity index is 2.40. The minimum atomic E-state index is 0.0381. The van der Waals surface area contributed by atoms with Crippen LogP contribution in [0.4, 0.5) is 0 Å². The van der Waals surface area contributed by atoms with Gasteiger partial charge < -0.3 is 10.1 Å². The van der Waals surface area contributed by atoms with Gasteiger partial charge in [-0.2, -0.15) is 0 Å². The number of para-hydroxylation sites is 1. The first-order chi connectivity index (χ1) is 9.27. The van der Waals surface area contributed by atoms with Crippen molar-refractivity contribution < 1.29 is 4.74 Å². The summed E-state index contributed by atoms with van der Waals surface area (Å²) in [5, 5.41) is 11.5. The first-order valence-electron chi connectivity index (χ1n) is 6.48. The van der Waals surface area contributed by atoms with Crippen LogP contribution in [0, 0.1) is 0 Å². The molecule has 0 aliphatic heterocycles. The highest BCUT2D eigenvalue weighted by Gasteiger charge is 2.20. The summed E-state index contributed by atoms with van der Waals surface area (Å²) in [7, 11) is 3.59. The molecule has 1 aromatic heterocycles. The molecule has 5 nitrogen and oxygen atoms in total. The van der Waals surface area contributed by atoms with Crippen LogP contribution in [0.3, 0.4) is 0 Å². The van der Waals surface area contributed by atoms with E-state index < -0.39 is 0 Å². The van der Waals surface area contributed by atoms with Gasteiger partial charge in [-0.15, -0.1) is 5.10 Å². The van der Waals surface area contributed by atoms with Gasteiger partial charge in [0.2, 0.25) is 0 Å². The van der Waals surface area contributed by atoms with E-state index in [1.807, 2.05) is 25.2 Å². The quantitative estimate of drug-likeness (QED) is 0.862. The topological polar surface area (TPSA) is 52.0 Å². The van der Waals surface area contributed by atoms with Gasteiger partial charge in [-0.1, -0.05) is 30.3 Å². The third-order valence-electron chi connectivity index (χ3n) is 3.09. The van der Waals surface area contributed by atoms with Gasteiger partial charge in [-0.3, -0.25) is 4.68 Å². The summed E-state index contributed by atoms with van der Waals surface area (Å²) in [5.41, 5.74) is 2.13. The standard InChI is InChI=1S/C14H20N4O/c1-4-9-15-14(12-10-16-17-18(12)2)11-7-5-6-8-13(11)19-3/h5-8,10,14-15H,4,9H2,1-3H3. The van der Waals surface area contributed by atoms with Gasteiger partial charge in [-0.25, -0.2) is 0 Å². The number of hydrogen-bond acceptors (Lipinski definition) is 4. The van der Waals surface area contributed by atoms with Crippen LogP contribution in [0.15, 0.2) is 30.5 Å². The zero-order valence-corrected chi connectivity index (χ0v) is 11.6. The zero-order valence-electron chi connectivity index (χ0n) is 11.6. The van der Waals surface area contributed by atoms with Gasteiger partial charge in [0.25, 0.3) is 0 Å². The second-order valence-corrected chi connectivity index (χ2v) is 4.41. The second-order valence-electron chi connectivity index (χ2n) is 4.41. The molecule has 2 aromatic rings. The van der Waals surface area contributed by atoms with E-state index in [2.05, 4.69) is 28.6 Å². The molecule has 1 aromatic carbocycles. The van der Waals surface area contributed by atoms with E-state index in [0.29, 0.717) is 0 Å². The molecule has 0 fully saturated rings. The first kappa shape index (κ1) is 13.5. The molecular weight excluding hydrogens is 240 g/mol. The number of hydrogen-bond donors (Lipinski definition) is 1. The molecule has 0 saturated carbocycles. The van der Waals surface area contributed by atoms with E-state index in [4.69, 9.17) is 4.74 Å². The average Bonchev–Trinajstić information content (AvgIpc) is 2.86. The molecule has 0 bridgehead atoms. The molecule has 1 unspecified atom stereocenters. The lowest BCUT2D eigenvalue weighted by atomic mass is 10.0. The van der Waals surface area contributed by atoms with Gasteiger partial charge in [0.15, 0.2) is 0 Å². The minimum Gasteiger partial charge on any atom is -0.496 e. The fraction of sp³-hybridized carbons (Fsp3) is 0.429. The summed E-state index contributed by atoms with van der Waals surface area (Å²) in [6, 6.07) is 8.07. The molecular formula is C14H20N4O. The Labute approximate surface area is 113 Å². The molecule has 2 rings (SSSR count). The van der Waals surface area contributed by atoms with Crippen molar-refractivity contribution >= 4 is 0 Å². The van der Waals surface area contributed by atoms with Crippen molar-refractivity contribution in [2.45, 2.75) is 19.4 Å². The number of methoxy groups -OCH3 is 1. The molecule has 0 radical (unpaired) electrons. The SMILES string of the molecule is CCCNC(c1ccccc1OC)c1cnnn1C. The van der Waals surface area contributed by atoms with Crippen LogP contribution in [0.1, 0.15) is 30.6 Å². The maximum Gasteiger partial charge on any atom is 0.124 e. The minimum absolute atomic E-state index is 0.0381. The summed E-state index contributed by atoms with van der Waals surface area (Å²) in [6.07, 6.45) is 2.86. The predicted octanol–water partition coefficient (Wildman–Crippen LogP) is 1.91. The van der Waals surface area contributed by atoms with E-state index in [-0.39, 0.29) is 6.04 Å². The number of nitrogens with zero attached hydrogens (tertiary/aromatic N) is 3. The highest BCUT2D eigenvalue weighted by Crippen LogP contribution is 2.29. The van der Waals surface area contributed by atoms with Crippen molar-refractivity contribution in [3.05, 3.63) is 41.7 Å². The molecule has 0 spiro atoms. The Morgan fingerprint density at radius 1 is 1.37 bits per heavy atom. The summed E-state index contributed by atoms with van der Waals surface area (Å²) in [5.74, 6) is 0.873. The predicted molar refractivity (Wildman–Crippen MR) is 74.1 cm³/mol. The smallest absolute Gasteiger partial charge is 0.124 e. The number of aryl methyl sites for hydroxylation is 1. The van der Waals surface area contributed by atoms with Crippen LogP contribution >= 0.6 is 0 Å². The number of ether oxygens (including phenoxy) is 1. The normalized spacial score (nSPS) is 12.4. The fourth-order valence-corrected chi connectivity index (χ4v) is 2.13. The van der Waals surface area contributed by atoms with Gasteiger partial charge >= 0.3 is 0 Å². The number of nitrogens with one attached hydrogen (secondary N) is 1. The highest BCUT2D eigenvalue weighted by molar-refractivity contribution is 5.39. The van der Waals surface area contributed by atoms with Crippen LogP contribution < -0.4 is 10.1 Å². The van der Waals surface area contributed by atoms with Crippen molar-refractivity contribution in [3.63, 3.8) is 0 Å². The molecule has 1 N–H and O–H groups in total. The number of rotatable bonds is 6. The van der Waals surface area contributed by atoms with Crippen LogP contribution in [-0.4, -0.2) is 28.6 Å². The van der Waals surface area contributed by atoms with Crippen molar-refractivity contribution in [2.24, 2.45) is 7.05 Å². The molecule has 0 saturated heterocycles. The molecule has 1 atom stereocenters. The highest BCUT2D eigenvalue weighted by atomic mass is 16.5. The summed E-state index contributed by atoms with van der Waals surface area (Å²) in [4.78, 5) is 0. The molecule has 102 valence electrons. The molecule has 19 heavy (non-hydrogen) atoms. The molecule has 0 amide bonds. The summed E-state index contributed by atoms with van der Waals surface area (Å²) < 4.78 is 7.25. The molecule has 1 heterocycles. The lowest BCUT2D eigenvalue weighted by Crippen LogP contribution is -2.25. The lowest BCUT2D eigenvalue weighted by Gasteiger charge is -2.20. The van der Waals surface area contributed by atoms with E-state index in [0.717, 1.165) is 30.0 Å². The van der Waals surface area contributed by atoms with E-state index in [1.165, 1.54) is 0 Å².